The molecular formula is C11H18N2O2S. The Kier molecular flexibility index (Phi) is 4.46. The molecule has 0 amide bonds. The van der Waals surface area contributed by atoms with Crippen molar-refractivity contribution in [1.82, 2.24) is 5.32 Å². The van der Waals surface area contributed by atoms with Crippen molar-refractivity contribution >= 4 is 10.0 Å². The molecular weight excluding hydrogens is 224 g/mol. The van der Waals surface area contributed by atoms with Crippen LogP contribution in [0.15, 0.2) is 29.2 Å². The standard InChI is InChI=1S/C11H18N2O2S/c1-9(2)7-13-8-10-4-3-5-11(6-10)16(12,14)15/h3-6,9,13H,7-8H2,1-2H3,(H2,12,14,15). The van der Waals surface area contributed by atoms with Gasteiger partial charge in [0.05, 0.1) is 4.90 Å². The van der Waals surface area contributed by atoms with Gasteiger partial charge in [-0.1, -0.05) is 26.0 Å². The zero-order valence-corrected chi connectivity index (χ0v) is 10.4. The zero-order chi connectivity index (χ0) is 12.2. The average Bonchev–Trinajstić information content (AvgIpc) is 2.16. The number of hydrogen-bond acceptors (Lipinski definition) is 3. The van der Waals surface area contributed by atoms with Crippen LogP contribution < -0.4 is 10.5 Å². The van der Waals surface area contributed by atoms with E-state index in [0.717, 1.165) is 12.1 Å². The van der Waals surface area contributed by atoms with Crippen molar-refractivity contribution in [1.29, 1.82) is 0 Å². The predicted octanol–water partition coefficient (Wildman–Crippen LogP) is 1.08. The number of nitrogens with one attached hydrogen (secondary N) is 1. The second-order valence-electron chi connectivity index (χ2n) is 4.22. The maximum atomic E-state index is 11.1. The summed E-state index contributed by atoms with van der Waals surface area (Å²) in [4.78, 5) is 0.163. The zero-order valence-electron chi connectivity index (χ0n) is 9.60. The Balaban J connectivity index is 2.69. The highest BCUT2D eigenvalue weighted by atomic mass is 32.2. The van der Waals surface area contributed by atoms with E-state index in [4.69, 9.17) is 5.14 Å². The fourth-order valence-electron chi connectivity index (χ4n) is 1.34. The summed E-state index contributed by atoms with van der Waals surface area (Å²) in [6.45, 7) is 5.79. The average molecular weight is 242 g/mol. The van der Waals surface area contributed by atoms with Crippen molar-refractivity contribution < 1.29 is 8.42 Å². The van der Waals surface area contributed by atoms with Crippen molar-refractivity contribution in [3.63, 3.8) is 0 Å². The molecule has 5 heteroatoms. The van der Waals surface area contributed by atoms with Gasteiger partial charge in [0.15, 0.2) is 0 Å². The van der Waals surface area contributed by atoms with Crippen molar-refractivity contribution in [3.05, 3.63) is 29.8 Å². The Hall–Kier alpha value is -0.910. The summed E-state index contributed by atoms with van der Waals surface area (Å²) in [7, 11) is -3.59. The number of primary sulfonamides is 1. The van der Waals surface area contributed by atoms with Crippen LogP contribution in [0, 0.1) is 5.92 Å². The predicted molar refractivity (Wildman–Crippen MR) is 64.4 cm³/mol. The van der Waals surface area contributed by atoms with Crippen LogP contribution in [0.5, 0.6) is 0 Å². The molecule has 1 rings (SSSR count). The lowest BCUT2D eigenvalue weighted by Crippen LogP contribution is -2.19. The minimum atomic E-state index is -3.59. The second kappa shape index (κ2) is 5.43. The molecule has 0 heterocycles. The summed E-state index contributed by atoms with van der Waals surface area (Å²) in [5.41, 5.74) is 0.923. The molecule has 1 aromatic carbocycles. The lowest BCUT2D eigenvalue weighted by Gasteiger charge is -2.08. The molecule has 0 fully saturated rings. The van der Waals surface area contributed by atoms with Crippen LogP contribution in [0.1, 0.15) is 19.4 Å². The maximum absolute atomic E-state index is 11.1. The van der Waals surface area contributed by atoms with Gasteiger partial charge in [-0.3, -0.25) is 0 Å². The summed E-state index contributed by atoms with van der Waals surface area (Å²) in [6.07, 6.45) is 0. The fraction of sp³-hybridized carbons (Fsp3) is 0.455. The summed E-state index contributed by atoms with van der Waals surface area (Å²) in [5, 5.41) is 8.30. The first-order chi connectivity index (χ1) is 7.39. The second-order valence-corrected chi connectivity index (χ2v) is 5.78. The Morgan fingerprint density at radius 1 is 1.38 bits per heavy atom. The highest BCUT2D eigenvalue weighted by Crippen LogP contribution is 2.09. The molecule has 0 saturated heterocycles. The first-order valence-electron chi connectivity index (χ1n) is 5.22. The summed E-state index contributed by atoms with van der Waals surface area (Å²) in [5.74, 6) is 0.571. The summed E-state index contributed by atoms with van der Waals surface area (Å²) < 4.78 is 22.2. The third-order valence-electron chi connectivity index (χ3n) is 2.11. The van der Waals surface area contributed by atoms with Gasteiger partial charge < -0.3 is 5.32 Å². The first kappa shape index (κ1) is 13.2. The minimum Gasteiger partial charge on any atom is -0.312 e. The quantitative estimate of drug-likeness (QED) is 0.811. The van der Waals surface area contributed by atoms with Gasteiger partial charge in [0.2, 0.25) is 10.0 Å². The van der Waals surface area contributed by atoms with Crippen LogP contribution in [-0.4, -0.2) is 15.0 Å². The van der Waals surface area contributed by atoms with Gasteiger partial charge in [-0.25, -0.2) is 13.6 Å². The molecule has 0 unspecified atom stereocenters. The molecule has 0 aromatic heterocycles. The van der Waals surface area contributed by atoms with E-state index in [1.54, 1.807) is 12.1 Å². The highest BCUT2D eigenvalue weighted by Gasteiger charge is 2.07. The molecule has 0 aliphatic rings. The topological polar surface area (TPSA) is 72.2 Å². The maximum Gasteiger partial charge on any atom is 0.238 e. The third kappa shape index (κ3) is 4.30. The number of rotatable bonds is 5. The lowest BCUT2D eigenvalue weighted by molar-refractivity contribution is 0.552. The molecule has 16 heavy (non-hydrogen) atoms. The van der Waals surface area contributed by atoms with E-state index in [2.05, 4.69) is 19.2 Å². The molecule has 0 atom stereocenters. The number of sulfonamides is 1. The molecule has 3 N–H and O–H groups in total. The highest BCUT2D eigenvalue weighted by molar-refractivity contribution is 7.89. The van der Waals surface area contributed by atoms with Crippen molar-refractivity contribution in [2.45, 2.75) is 25.3 Å². The SMILES string of the molecule is CC(C)CNCc1cccc(S(N)(=O)=O)c1. The number of nitrogens with two attached hydrogens (primary N) is 1. The van der Waals surface area contributed by atoms with E-state index in [0.29, 0.717) is 12.5 Å². The van der Waals surface area contributed by atoms with Gasteiger partial charge in [-0.15, -0.1) is 0 Å². The molecule has 0 saturated carbocycles. The Morgan fingerprint density at radius 3 is 2.62 bits per heavy atom. The van der Waals surface area contributed by atoms with Crippen LogP contribution in [0.4, 0.5) is 0 Å². The first-order valence-corrected chi connectivity index (χ1v) is 6.76. The van der Waals surface area contributed by atoms with Gasteiger partial charge in [0, 0.05) is 6.54 Å². The number of benzene rings is 1. The Morgan fingerprint density at radius 2 is 2.06 bits per heavy atom. The molecule has 0 bridgehead atoms. The Bertz CT molecular complexity index is 441. The molecule has 90 valence electrons. The van der Waals surface area contributed by atoms with Gasteiger partial charge >= 0.3 is 0 Å². The van der Waals surface area contributed by atoms with Crippen LogP contribution >= 0.6 is 0 Å². The monoisotopic (exact) mass is 242 g/mol. The normalized spacial score (nSPS) is 12.0. The van der Waals surface area contributed by atoms with Crippen molar-refractivity contribution in [3.8, 4) is 0 Å². The smallest absolute Gasteiger partial charge is 0.238 e. The molecule has 0 spiro atoms. The van der Waals surface area contributed by atoms with Gasteiger partial charge in [0.1, 0.15) is 0 Å². The van der Waals surface area contributed by atoms with E-state index in [9.17, 15) is 8.42 Å². The van der Waals surface area contributed by atoms with Gasteiger partial charge in [-0.05, 0) is 30.2 Å². The Labute approximate surface area is 96.9 Å². The van der Waals surface area contributed by atoms with Gasteiger partial charge in [-0.2, -0.15) is 0 Å². The van der Waals surface area contributed by atoms with E-state index in [1.807, 2.05) is 6.07 Å². The molecule has 0 aliphatic heterocycles. The van der Waals surface area contributed by atoms with Crippen LogP contribution in [0.25, 0.3) is 0 Å². The van der Waals surface area contributed by atoms with Crippen LogP contribution in [-0.2, 0) is 16.6 Å². The molecule has 1 aromatic rings. The molecule has 0 aliphatic carbocycles. The van der Waals surface area contributed by atoms with Crippen LogP contribution in [0.2, 0.25) is 0 Å². The summed E-state index contributed by atoms with van der Waals surface area (Å²) >= 11 is 0. The van der Waals surface area contributed by atoms with Crippen LogP contribution in [0.3, 0.4) is 0 Å². The van der Waals surface area contributed by atoms with Crippen molar-refractivity contribution in [2.24, 2.45) is 11.1 Å². The van der Waals surface area contributed by atoms with Crippen molar-refractivity contribution in [2.75, 3.05) is 6.54 Å². The fourth-order valence-corrected chi connectivity index (χ4v) is 1.92. The third-order valence-corrected chi connectivity index (χ3v) is 3.02. The largest absolute Gasteiger partial charge is 0.312 e. The molecule has 4 nitrogen and oxygen atoms in total. The van der Waals surface area contributed by atoms with Gasteiger partial charge in [0.25, 0.3) is 0 Å². The van der Waals surface area contributed by atoms with E-state index >= 15 is 0 Å². The summed E-state index contributed by atoms with van der Waals surface area (Å²) in [6, 6.07) is 6.68. The van der Waals surface area contributed by atoms with E-state index in [1.165, 1.54) is 6.07 Å². The minimum absolute atomic E-state index is 0.163. The molecule has 0 radical (unpaired) electrons. The van der Waals surface area contributed by atoms with E-state index < -0.39 is 10.0 Å². The number of hydrogen-bond donors (Lipinski definition) is 2. The lowest BCUT2D eigenvalue weighted by atomic mass is 10.2. The van der Waals surface area contributed by atoms with E-state index in [-0.39, 0.29) is 4.90 Å².